The van der Waals surface area contributed by atoms with E-state index >= 15 is 0 Å². The third-order valence-corrected chi connectivity index (χ3v) is 5.38. The van der Waals surface area contributed by atoms with Crippen LogP contribution in [0.5, 0.6) is 0 Å². The number of hydrogen-bond acceptors (Lipinski definition) is 5. The Morgan fingerprint density at radius 3 is 2.36 bits per heavy atom. The summed E-state index contributed by atoms with van der Waals surface area (Å²) in [5.41, 5.74) is 3.00. The highest BCUT2D eigenvalue weighted by atomic mass is 32.1. The Bertz CT molecular complexity index is 729. The largest absolute Gasteiger partial charge is 0.341 e. The van der Waals surface area contributed by atoms with Gasteiger partial charge in [-0.2, -0.15) is 0 Å². The highest BCUT2D eigenvalue weighted by molar-refractivity contribution is 7.19. The third kappa shape index (κ3) is 4.28. The fraction of sp³-hybridized carbons (Fsp3) is 0.500. The molecule has 1 aromatic heterocycles. The van der Waals surface area contributed by atoms with Gasteiger partial charge in [-0.1, -0.05) is 17.4 Å². The molecule has 2 N–H and O–H groups in total. The number of anilines is 3. The van der Waals surface area contributed by atoms with E-state index in [2.05, 4.69) is 45.6 Å². The van der Waals surface area contributed by atoms with Crippen molar-refractivity contribution in [1.29, 1.82) is 0 Å². The Hall–Kier alpha value is -2.15. The Morgan fingerprint density at radius 1 is 1.08 bits per heavy atom. The lowest BCUT2D eigenvalue weighted by Gasteiger charge is -2.38. The molecule has 1 fully saturated rings. The number of amides is 2. The number of aryl methyl sites for hydroxylation is 2. The number of benzene rings is 1. The first-order valence-corrected chi connectivity index (χ1v) is 9.52. The number of nitrogens with zero attached hydrogens (tertiary/aromatic N) is 3. The monoisotopic (exact) mass is 359 g/mol. The molecule has 3 rings (SSSR count). The Labute approximate surface area is 152 Å². The molecule has 0 unspecified atom stereocenters. The van der Waals surface area contributed by atoms with Crippen LogP contribution in [0.2, 0.25) is 0 Å². The van der Waals surface area contributed by atoms with E-state index in [1.165, 1.54) is 30.6 Å². The van der Waals surface area contributed by atoms with Gasteiger partial charge in [0.1, 0.15) is 0 Å². The van der Waals surface area contributed by atoms with Crippen LogP contribution >= 0.6 is 11.3 Å². The molecule has 7 heteroatoms. The predicted molar refractivity (Wildman–Crippen MR) is 104 cm³/mol. The summed E-state index contributed by atoms with van der Waals surface area (Å²) in [6.45, 7) is 8.45. The summed E-state index contributed by atoms with van der Waals surface area (Å²) in [4.78, 5) is 14.5. The second-order valence-electron chi connectivity index (χ2n) is 6.88. The van der Waals surface area contributed by atoms with Crippen LogP contribution in [0.15, 0.2) is 18.2 Å². The molecule has 25 heavy (non-hydrogen) atoms. The van der Waals surface area contributed by atoms with Crippen LogP contribution in [0.4, 0.5) is 20.7 Å². The average molecular weight is 359 g/mol. The predicted octanol–water partition coefficient (Wildman–Crippen LogP) is 4.57. The number of hydrogen-bond donors (Lipinski definition) is 2. The van der Waals surface area contributed by atoms with Gasteiger partial charge in [0.25, 0.3) is 0 Å². The molecule has 2 aromatic rings. The first-order chi connectivity index (χ1) is 11.9. The lowest BCUT2D eigenvalue weighted by atomic mass is 9.98. The fourth-order valence-electron chi connectivity index (χ4n) is 3.47. The highest BCUT2D eigenvalue weighted by Gasteiger charge is 2.27. The summed E-state index contributed by atoms with van der Waals surface area (Å²) < 4.78 is 0. The standard InChI is InChI=1S/C18H25N5OS/c1-11-8-12(2)10-15(9-11)19-16(24)20-17-21-22-18(25-17)23-13(3)6-5-7-14(23)4/h8-10,13-14H,5-7H2,1-4H3,(H2,19,20,21,24)/t13-,14-/m1/s1. The molecular formula is C18H25N5OS. The molecule has 1 aliphatic rings. The lowest BCUT2D eigenvalue weighted by molar-refractivity contribution is 0.262. The van der Waals surface area contributed by atoms with Crippen LogP contribution in [-0.4, -0.2) is 28.3 Å². The zero-order valence-electron chi connectivity index (χ0n) is 15.2. The van der Waals surface area contributed by atoms with Gasteiger partial charge in [0, 0.05) is 17.8 Å². The number of carbonyl (C=O) groups is 1. The summed E-state index contributed by atoms with van der Waals surface area (Å²) in [5, 5.41) is 15.4. The lowest BCUT2D eigenvalue weighted by Crippen LogP contribution is -2.43. The van der Waals surface area contributed by atoms with Gasteiger partial charge in [-0.3, -0.25) is 5.32 Å². The molecule has 134 valence electrons. The normalized spacial score (nSPS) is 20.4. The van der Waals surface area contributed by atoms with Gasteiger partial charge >= 0.3 is 6.03 Å². The molecular weight excluding hydrogens is 334 g/mol. The van der Waals surface area contributed by atoms with Crippen LogP contribution in [0.1, 0.15) is 44.2 Å². The van der Waals surface area contributed by atoms with E-state index in [4.69, 9.17) is 0 Å². The van der Waals surface area contributed by atoms with E-state index in [1.54, 1.807) is 0 Å². The average Bonchev–Trinajstić information content (AvgIpc) is 2.93. The Morgan fingerprint density at radius 2 is 1.72 bits per heavy atom. The molecule has 2 atom stereocenters. The molecule has 2 amide bonds. The molecule has 0 saturated carbocycles. The van der Waals surface area contributed by atoms with Crippen molar-refractivity contribution in [3.8, 4) is 0 Å². The van der Waals surface area contributed by atoms with Crippen LogP contribution < -0.4 is 15.5 Å². The molecule has 0 radical (unpaired) electrons. The van der Waals surface area contributed by atoms with Gasteiger partial charge in [-0.15, -0.1) is 10.2 Å². The number of urea groups is 1. The van der Waals surface area contributed by atoms with Gasteiger partial charge in [-0.05, 0) is 70.2 Å². The van der Waals surface area contributed by atoms with Gasteiger partial charge in [0.15, 0.2) is 0 Å². The van der Waals surface area contributed by atoms with Crippen LogP contribution in [0.25, 0.3) is 0 Å². The summed E-state index contributed by atoms with van der Waals surface area (Å²) in [6, 6.07) is 6.56. The van der Waals surface area contributed by atoms with Crippen molar-refractivity contribution in [3.05, 3.63) is 29.3 Å². The molecule has 0 bridgehead atoms. The van der Waals surface area contributed by atoms with Crippen molar-refractivity contribution in [2.75, 3.05) is 15.5 Å². The van der Waals surface area contributed by atoms with Crippen molar-refractivity contribution in [2.24, 2.45) is 0 Å². The zero-order chi connectivity index (χ0) is 18.0. The summed E-state index contributed by atoms with van der Waals surface area (Å²) in [6.07, 6.45) is 3.58. The van der Waals surface area contributed by atoms with Crippen LogP contribution in [0, 0.1) is 13.8 Å². The van der Waals surface area contributed by atoms with Gasteiger partial charge in [0.2, 0.25) is 10.3 Å². The number of aromatic nitrogens is 2. The highest BCUT2D eigenvalue weighted by Crippen LogP contribution is 2.32. The van der Waals surface area contributed by atoms with Crippen molar-refractivity contribution in [3.63, 3.8) is 0 Å². The van der Waals surface area contributed by atoms with Crippen molar-refractivity contribution < 1.29 is 4.79 Å². The molecule has 1 aliphatic heterocycles. The Kier molecular flexibility index (Phi) is 5.22. The topological polar surface area (TPSA) is 70.1 Å². The number of nitrogens with one attached hydrogen (secondary N) is 2. The van der Waals surface area contributed by atoms with Crippen molar-refractivity contribution in [2.45, 2.75) is 59.0 Å². The minimum Gasteiger partial charge on any atom is -0.341 e. The van der Waals surface area contributed by atoms with Crippen LogP contribution in [-0.2, 0) is 0 Å². The van der Waals surface area contributed by atoms with E-state index in [0.29, 0.717) is 17.2 Å². The van der Waals surface area contributed by atoms with Gasteiger partial charge < -0.3 is 10.2 Å². The van der Waals surface area contributed by atoms with E-state index in [0.717, 1.165) is 21.9 Å². The van der Waals surface area contributed by atoms with Crippen molar-refractivity contribution >= 4 is 33.3 Å². The minimum atomic E-state index is -0.299. The van der Waals surface area contributed by atoms with Crippen LogP contribution in [0.3, 0.4) is 0 Å². The second-order valence-corrected chi connectivity index (χ2v) is 7.84. The molecule has 0 spiro atoms. The van der Waals surface area contributed by atoms with E-state index < -0.39 is 0 Å². The second kappa shape index (κ2) is 7.39. The van der Waals surface area contributed by atoms with Gasteiger partial charge in [-0.25, -0.2) is 4.79 Å². The minimum absolute atomic E-state index is 0.299. The summed E-state index contributed by atoms with van der Waals surface area (Å²) in [5.74, 6) is 0. The fourth-order valence-corrected chi connectivity index (χ4v) is 4.42. The maximum atomic E-state index is 12.2. The SMILES string of the molecule is Cc1cc(C)cc(NC(=O)Nc2nnc(N3[C@H](C)CCC[C@H]3C)s2)c1. The third-order valence-electron chi connectivity index (χ3n) is 4.53. The molecule has 0 aliphatic carbocycles. The number of piperidine rings is 1. The summed E-state index contributed by atoms with van der Waals surface area (Å²) >= 11 is 1.42. The number of rotatable bonds is 3. The van der Waals surface area contributed by atoms with Gasteiger partial charge in [0.05, 0.1) is 0 Å². The first kappa shape index (κ1) is 17.7. The molecule has 1 saturated heterocycles. The number of carbonyl (C=O) groups excluding carboxylic acids is 1. The molecule has 6 nitrogen and oxygen atoms in total. The smallest absolute Gasteiger partial charge is 0.325 e. The van der Waals surface area contributed by atoms with E-state index in [1.807, 2.05) is 26.0 Å². The van der Waals surface area contributed by atoms with E-state index in [9.17, 15) is 4.79 Å². The van der Waals surface area contributed by atoms with E-state index in [-0.39, 0.29) is 6.03 Å². The quantitative estimate of drug-likeness (QED) is 0.842. The molecule has 2 heterocycles. The molecule has 1 aromatic carbocycles. The first-order valence-electron chi connectivity index (χ1n) is 8.70. The van der Waals surface area contributed by atoms with Crippen molar-refractivity contribution in [1.82, 2.24) is 10.2 Å². The maximum absolute atomic E-state index is 12.2. The summed E-state index contributed by atoms with van der Waals surface area (Å²) in [7, 11) is 0. The Balaban J connectivity index is 1.65. The zero-order valence-corrected chi connectivity index (χ0v) is 16.0. The maximum Gasteiger partial charge on any atom is 0.325 e.